The van der Waals surface area contributed by atoms with Gasteiger partial charge in [0.15, 0.2) is 0 Å². The van der Waals surface area contributed by atoms with Crippen molar-refractivity contribution >= 4 is 5.97 Å². The molecule has 0 saturated carbocycles. The Morgan fingerprint density at radius 1 is 1.00 bits per heavy atom. The van der Waals surface area contributed by atoms with Crippen LogP contribution in [0.5, 0.6) is 11.5 Å². The molecule has 0 atom stereocenters. The van der Waals surface area contributed by atoms with Gasteiger partial charge in [-0.25, -0.2) is 4.79 Å². The number of hydrogen-bond donors (Lipinski definition) is 4. The number of carbonyl (C=O) groups is 1. The third kappa shape index (κ3) is 6.44. The van der Waals surface area contributed by atoms with Crippen molar-refractivity contribution in [2.24, 2.45) is 0 Å². The van der Waals surface area contributed by atoms with Crippen LogP contribution in [0.25, 0.3) is 0 Å². The van der Waals surface area contributed by atoms with Gasteiger partial charge in [0.05, 0.1) is 25.4 Å². The van der Waals surface area contributed by atoms with E-state index in [1.54, 1.807) is 0 Å². The van der Waals surface area contributed by atoms with Crippen LogP contribution in [0.1, 0.15) is 16.8 Å². The van der Waals surface area contributed by atoms with Gasteiger partial charge in [-0.3, -0.25) is 4.90 Å². The van der Waals surface area contributed by atoms with Crippen molar-refractivity contribution in [3.8, 4) is 11.5 Å². The van der Waals surface area contributed by atoms with E-state index in [1.807, 2.05) is 4.90 Å². The Hall–Kier alpha value is -1.83. The van der Waals surface area contributed by atoms with Gasteiger partial charge in [-0.15, -0.1) is 0 Å². The molecule has 0 radical (unpaired) electrons. The van der Waals surface area contributed by atoms with Crippen molar-refractivity contribution in [1.82, 2.24) is 4.90 Å². The van der Waals surface area contributed by atoms with Crippen LogP contribution in [0.2, 0.25) is 0 Å². The molecule has 7 nitrogen and oxygen atoms in total. The van der Waals surface area contributed by atoms with E-state index in [0.29, 0.717) is 26.1 Å². The van der Waals surface area contributed by atoms with E-state index in [1.165, 1.54) is 12.1 Å². The van der Waals surface area contributed by atoms with E-state index < -0.39 is 5.97 Å². The maximum absolute atomic E-state index is 11.7. The molecule has 0 bridgehead atoms. The molecule has 0 aliphatic rings. The van der Waals surface area contributed by atoms with E-state index >= 15 is 0 Å². The number of aliphatic hydroxyl groups is 2. The molecule has 21 heavy (non-hydrogen) atoms. The average molecular weight is 299 g/mol. The predicted molar refractivity (Wildman–Crippen MR) is 75.3 cm³/mol. The van der Waals surface area contributed by atoms with Gasteiger partial charge in [0.2, 0.25) is 0 Å². The summed E-state index contributed by atoms with van der Waals surface area (Å²) < 4.78 is 5.03. The maximum atomic E-state index is 11.7. The molecule has 1 aromatic carbocycles. The first-order valence-corrected chi connectivity index (χ1v) is 6.71. The maximum Gasteiger partial charge on any atom is 0.338 e. The molecule has 0 fully saturated rings. The number of esters is 1. The Balaban J connectivity index is 2.36. The summed E-state index contributed by atoms with van der Waals surface area (Å²) in [7, 11) is 0. The van der Waals surface area contributed by atoms with Gasteiger partial charge in [0, 0.05) is 25.7 Å². The zero-order chi connectivity index (χ0) is 15.7. The van der Waals surface area contributed by atoms with Crippen molar-refractivity contribution in [3.05, 3.63) is 23.8 Å². The van der Waals surface area contributed by atoms with Crippen LogP contribution in [-0.4, -0.2) is 70.8 Å². The fourth-order valence-electron chi connectivity index (χ4n) is 1.87. The van der Waals surface area contributed by atoms with Crippen molar-refractivity contribution < 1.29 is 30.0 Å². The summed E-state index contributed by atoms with van der Waals surface area (Å²) in [6.45, 7) is 1.66. The summed E-state index contributed by atoms with van der Waals surface area (Å²) in [4.78, 5) is 13.6. The normalized spacial score (nSPS) is 10.8. The number of carbonyl (C=O) groups excluding carboxylic acids is 1. The fourth-order valence-corrected chi connectivity index (χ4v) is 1.87. The number of ether oxygens (including phenoxy) is 1. The molecule has 0 saturated heterocycles. The van der Waals surface area contributed by atoms with Crippen molar-refractivity contribution in [2.75, 3.05) is 39.5 Å². The third-order valence-corrected chi connectivity index (χ3v) is 2.82. The van der Waals surface area contributed by atoms with Gasteiger partial charge in [0.1, 0.15) is 11.5 Å². The number of benzene rings is 1. The third-order valence-electron chi connectivity index (χ3n) is 2.82. The molecule has 1 rings (SSSR count). The van der Waals surface area contributed by atoms with Gasteiger partial charge >= 0.3 is 5.97 Å². The quantitative estimate of drug-likeness (QED) is 0.373. The summed E-state index contributed by atoms with van der Waals surface area (Å²) in [5.41, 5.74) is 0.0788. The highest BCUT2D eigenvalue weighted by Crippen LogP contribution is 2.20. The number of rotatable bonds is 9. The van der Waals surface area contributed by atoms with Gasteiger partial charge in [-0.05, 0) is 18.6 Å². The molecule has 0 heterocycles. The first-order valence-electron chi connectivity index (χ1n) is 6.71. The van der Waals surface area contributed by atoms with Crippen LogP contribution in [0, 0.1) is 0 Å². The zero-order valence-corrected chi connectivity index (χ0v) is 11.7. The van der Waals surface area contributed by atoms with Crippen molar-refractivity contribution in [3.63, 3.8) is 0 Å². The molecule has 0 aliphatic carbocycles. The highest BCUT2D eigenvalue weighted by atomic mass is 16.5. The Labute approximate surface area is 123 Å². The second-order valence-electron chi connectivity index (χ2n) is 4.52. The number of nitrogens with zero attached hydrogens (tertiary/aromatic N) is 1. The number of phenolic OH excluding ortho intramolecular Hbond substituents is 2. The second-order valence-corrected chi connectivity index (χ2v) is 4.52. The van der Waals surface area contributed by atoms with Gasteiger partial charge in [0.25, 0.3) is 0 Å². The number of hydrogen-bond acceptors (Lipinski definition) is 7. The topological polar surface area (TPSA) is 110 Å². The molecular weight excluding hydrogens is 278 g/mol. The average Bonchev–Trinajstić information content (AvgIpc) is 2.42. The lowest BCUT2D eigenvalue weighted by molar-refractivity contribution is 0.0480. The Bertz CT molecular complexity index is 425. The lowest BCUT2D eigenvalue weighted by atomic mass is 10.2. The summed E-state index contributed by atoms with van der Waals surface area (Å²) in [6, 6.07) is 3.55. The van der Waals surface area contributed by atoms with E-state index in [4.69, 9.17) is 14.9 Å². The molecule has 4 N–H and O–H groups in total. The number of aromatic hydroxyl groups is 2. The van der Waals surface area contributed by atoms with Crippen LogP contribution in [0.3, 0.4) is 0 Å². The first kappa shape index (κ1) is 17.2. The number of phenols is 2. The lowest BCUT2D eigenvalue weighted by Gasteiger charge is -2.19. The molecule has 0 aliphatic heterocycles. The Morgan fingerprint density at radius 3 is 2.10 bits per heavy atom. The largest absolute Gasteiger partial charge is 0.508 e. The van der Waals surface area contributed by atoms with Crippen molar-refractivity contribution in [2.45, 2.75) is 6.42 Å². The molecule has 0 spiro atoms. The highest BCUT2D eigenvalue weighted by molar-refractivity contribution is 5.90. The molecule has 118 valence electrons. The summed E-state index contributed by atoms with van der Waals surface area (Å²) in [5, 5.41) is 36.3. The number of aliphatic hydroxyl groups excluding tert-OH is 2. The van der Waals surface area contributed by atoms with Gasteiger partial charge in [-0.1, -0.05) is 0 Å². The van der Waals surface area contributed by atoms with Crippen LogP contribution in [-0.2, 0) is 4.74 Å². The molecule has 7 heteroatoms. The molecule has 0 aromatic heterocycles. The minimum absolute atomic E-state index is 0.00234. The SMILES string of the molecule is O=C(OCCCN(CCO)CCO)c1cc(O)cc(O)c1. The minimum Gasteiger partial charge on any atom is -0.508 e. The first-order chi connectivity index (χ1) is 10.1. The van der Waals surface area contributed by atoms with Crippen LogP contribution in [0.15, 0.2) is 18.2 Å². The molecule has 0 unspecified atom stereocenters. The highest BCUT2D eigenvalue weighted by Gasteiger charge is 2.10. The fraction of sp³-hybridized carbons (Fsp3) is 0.500. The van der Waals surface area contributed by atoms with Crippen molar-refractivity contribution in [1.29, 1.82) is 0 Å². The monoisotopic (exact) mass is 299 g/mol. The second kappa shape index (κ2) is 9.17. The Morgan fingerprint density at radius 2 is 1.57 bits per heavy atom. The summed E-state index contributed by atoms with van der Waals surface area (Å²) in [6.07, 6.45) is 0.552. The van der Waals surface area contributed by atoms with Gasteiger partial charge in [-0.2, -0.15) is 0 Å². The molecule has 1 aromatic rings. The smallest absolute Gasteiger partial charge is 0.338 e. The van der Waals surface area contributed by atoms with E-state index in [-0.39, 0.29) is 36.9 Å². The van der Waals surface area contributed by atoms with Crippen LogP contribution < -0.4 is 0 Å². The molecular formula is C14H21NO6. The summed E-state index contributed by atoms with van der Waals surface area (Å²) >= 11 is 0. The predicted octanol–water partition coefficient (Wildman–Crippen LogP) is -0.0687. The molecule has 0 amide bonds. The standard InChI is InChI=1S/C14H21NO6/c16-5-3-15(4-6-17)2-1-7-21-14(20)11-8-12(18)10-13(19)9-11/h8-10,16-19H,1-7H2. The Kier molecular flexibility index (Phi) is 7.52. The van der Waals surface area contributed by atoms with Gasteiger partial charge < -0.3 is 25.2 Å². The summed E-state index contributed by atoms with van der Waals surface area (Å²) in [5.74, 6) is -1.05. The van der Waals surface area contributed by atoms with E-state index in [0.717, 1.165) is 6.07 Å². The van der Waals surface area contributed by atoms with E-state index in [9.17, 15) is 15.0 Å². The zero-order valence-electron chi connectivity index (χ0n) is 11.7. The van der Waals surface area contributed by atoms with E-state index in [2.05, 4.69) is 0 Å². The van der Waals surface area contributed by atoms with Crippen LogP contribution in [0.4, 0.5) is 0 Å². The van der Waals surface area contributed by atoms with Crippen LogP contribution >= 0.6 is 0 Å². The lowest BCUT2D eigenvalue weighted by Crippen LogP contribution is -2.31. The minimum atomic E-state index is -0.628.